The lowest BCUT2D eigenvalue weighted by atomic mass is 10.1. The van der Waals surface area contributed by atoms with Crippen LogP contribution in [0.25, 0.3) is 0 Å². The van der Waals surface area contributed by atoms with E-state index in [4.69, 9.17) is 21.1 Å². The number of rotatable bonds is 8. The van der Waals surface area contributed by atoms with Crippen molar-refractivity contribution in [1.29, 1.82) is 0 Å². The van der Waals surface area contributed by atoms with Crippen molar-refractivity contribution in [2.75, 3.05) is 45.4 Å². The van der Waals surface area contributed by atoms with E-state index in [9.17, 15) is 5.11 Å². The highest BCUT2D eigenvalue weighted by Crippen LogP contribution is 2.27. The maximum atomic E-state index is 9.58. The fourth-order valence-corrected chi connectivity index (χ4v) is 2.16. The van der Waals surface area contributed by atoms with Gasteiger partial charge in [0.25, 0.3) is 0 Å². The van der Waals surface area contributed by atoms with Crippen molar-refractivity contribution in [1.82, 2.24) is 0 Å². The van der Waals surface area contributed by atoms with E-state index in [0.29, 0.717) is 18.2 Å². The van der Waals surface area contributed by atoms with E-state index in [0.717, 1.165) is 24.3 Å². The Kier molecular flexibility index (Phi) is 7.16. The molecule has 0 spiro atoms. The summed E-state index contributed by atoms with van der Waals surface area (Å²) in [5.74, 6) is 0. The van der Waals surface area contributed by atoms with E-state index in [-0.39, 0.29) is 0 Å². The molecule has 0 saturated heterocycles. The molecule has 1 N–H and O–H groups in total. The van der Waals surface area contributed by atoms with Gasteiger partial charge in [0.2, 0.25) is 0 Å². The normalized spacial score (nSPS) is 12.5. The molecule has 1 atom stereocenters. The Morgan fingerprint density at radius 1 is 1.21 bits per heavy atom. The Morgan fingerprint density at radius 2 is 1.79 bits per heavy atom. The fraction of sp³-hybridized carbons (Fsp3) is 0.571. The van der Waals surface area contributed by atoms with Gasteiger partial charge in [-0.05, 0) is 24.6 Å². The molecular formula is C14H22ClNO3. The molecule has 1 rings (SSSR count). The number of nitrogens with zero attached hydrogens (tertiary/aromatic N) is 1. The number of halogens is 1. The topological polar surface area (TPSA) is 41.9 Å². The van der Waals surface area contributed by atoms with Crippen LogP contribution >= 0.6 is 11.6 Å². The molecule has 108 valence electrons. The number of anilines is 1. The summed E-state index contributed by atoms with van der Waals surface area (Å²) in [7, 11) is 3.36. The number of aliphatic hydroxyl groups excluding tert-OH is 1. The third-order valence-electron chi connectivity index (χ3n) is 2.93. The van der Waals surface area contributed by atoms with Crippen molar-refractivity contribution in [3.63, 3.8) is 0 Å². The molecule has 0 radical (unpaired) electrons. The van der Waals surface area contributed by atoms with Crippen molar-refractivity contribution < 1.29 is 14.6 Å². The van der Waals surface area contributed by atoms with E-state index in [1.807, 2.05) is 18.2 Å². The molecule has 1 aromatic carbocycles. The summed E-state index contributed by atoms with van der Waals surface area (Å²) in [6.07, 6.45) is -0.562. The molecular weight excluding hydrogens is 266 g/mol. The zero-order chi connectivity index (χ0) is 14.3. The summed E-state index contributed by atoms with van der Waals surface area (Å²) < 4.78 is 10.2. The highest BCUT2D eigenvalue weighted by molar-refractivity contribution is 6.31. The zero-order valence-electron chi connectivity index (χ0n) is 11.7. The van der Waals surface area contributed by atoms with Crippen LogP contribution < -0.4 is 4.90 Å². The van der Waals surface area contributed by atoms with E-state index < -0.39 is 6.10 Å². The number of hydrogen-bond acceptors (Lipinski definition) is 4. The highest BCUT2D eigenvalue weighted by Gasteiger charge is 2.11. The first-order chi connectivity index (χ1) is 9.10. The summed E-state index contributed by atoms with van der Waals surface area (Å²) in [4.78, 5) is 2.14. The molecule has 0 saturated carbocycles. The largest absolute Gasteiger partial charge is 0.389 e. The second-order valence-corrected chi connectivity index (χ2v) is 4.76. The van der Waals surface area contributed by atoms with Gasteiger partial charge in [-0.25, -0.2) is 0 Å². The summed E-state index contributed by atoms with van der Waals surface area (Å²) in [6, 6.07) is 5.68. The SMILES string of the molecule is COCCN(CCOC)c1ccc(C(C)O)c(Cl)c1. The lowest BCUT2D eigenvalue weighted by molar-refractivity contribution is 0.190. The van der Waals surface area contributed by atoms with Crippen molar-refractivity contribution in [3.05, 3.63) is 28.8 Å². The molecule has 0 heterocycles. The van der Waals surface area contributed by atoms with Crippen LogP contribution in [0, 0.1) is 0 Å². The molecule has 19 heavy (non-hydrogen) atoms. The maximum absolute atomic E-state index is 9.58. The summed E-state index contributed by atoms with van der Waals surface area (Å²) in [5.41, 5.74) is 1.74. The Hall–Kier alpha value is -0.810. The molecule has 0 bridgehead atoms. The van der Waals surface area contributed by atoms with Crippen molar-refractivity contribution in [3.8, 4) is 0 Å². The van der Waals surface area contributed by atoms with E-state index in [2.05, 4.69) is 4.90 Å². The second kappa shape index (κ2) is 8.38. The van der Waals surface area contributed by atoms with Crippen molar-refractivity contribution in [2.45, 2.75) is 13.0 Å². The first-order valence-electron chi connectivity index (χ1n) is 6.30. The Balaban J connectivity index is 2.85. The van der Waals surface area contributed by atoms with Crippen molar-refractivity contribution >= 4 is 17.3 Å². The van der Waals surface area contributed by atoms with Crippen molar-refractivity contribution in [2.24, 2.45) is 0 Å². The lowest BCUT2D eigenvalue weighted by Gasteiger charge is -2.25. The van der Waals surface area contributed by atoms with Crippen LogP contribution in [0.2, 0.25) is 5.02 Å². The molecule has 1 aromatic rings. The van der Waals surface area contributed by atoms with Gasteiger partial charge in [-0.2, -0.15) is 0 Å². The van der Waals surface area contributed by atoms with Crippen LogP contribution in [0.1, 0.15) is 18.6 Å². The smallest absolute Gasteiger partial charge is 0.0776 e. The zero-order valence-corrected chi connectivity index (χ0v) is 12.5. The fourth-order valence-electron chi connectivity index (χ4n) is 1.82. The summed E-state index contributed by atoms with van der Waals surface area (Å²) in [6.45, 7) is 4.52. The van der Waals surface area contributed by atoms with Gasteiger partial charge >= 0.3 is 0 Å². The van der Waals surface area contributed by atoms with Gasteiger partial charge < -0.3 is 19.5 Å². The van der Waals surface area contributed by atoms with E-state index >= 15 is 0 Å². The minimum Gasteiger partial charge on any atom is -0.389 e. The first-order valence-corrected chi connectivity index (χ1v) is 6.68. The second-order valence-electron chi connectivity index (χ2n) is 4.35. The first kappa shape index (κ1) is 16.2. The average molecular weight is 288 g/mol. The molecule has 0 aliphatic carbocycles. The minimum atomic E-state index is -0.562. The van der Waals surface area contributed by atoms with Crippen LogP contribution in [0.5, 0.6) is 0 Å². The predicted octanol–water partition coefficient (Wildman–Crippen LogP) is 2.49. The lowest BCUT2D eigenvalue weighted by Crippen LogP contribution is -2.30. The third kappa shape index (κ3) is 4.99. The van der Waals surface area contributed by atoms with Crippen LogP contribution in [-0.2, 0) is 9.47 Å². The number of methoxy groups -OCH3 is 2. The maximum Gasteiger partial charge on any atom is 0.0776 e. The quantitative estimate of drug-likeness (QED) is 0.798. The monoisotopic (exact) mass is 287 g/mol. The van der Waals surface area contributed by atoms with Gasteiger partial charge in [-0.3, -0.25) is 0 Å². The highest BCUT2D eigenvalue weighted by atomic mass is 35.5. The molecule has 0 aliphatic rings. The minimum absolute atomic E-state index is 0.562. The van der Waals surface area contributed by atoms with Gasteiger partial charge in [-0.1, -0.05) is 17.7 Å². The Morgan fingerprint density at radius 3 is 2.21 bits per heavy atom. The van der Waals surface area contributed by atoms with E-state index in [1.165, 1.54) is 0 Å². The third-order valence-corrected chi connectivity index (χ3v) is 3.26. The van der Waals surface area contributed by atoms with Crippen LogP contribution in [0.4, 0.5) is 5.69 Å². The number of benzene rings is 1. The van der Waals surface area contributed by atoms with E-state index in [1.54, 1.807) is 21.1 Å². The summed E-state index contributed by atoms with van der Waals surface area (Å²) in [5, 5.41) is 10.2. The average Bonchev–Trinajstić information content (AvgIpc) is 2.38. The van der Waals surface area contributed by atoms with Gasteiger partial charge in [0.1, 0.15) is 0 Å². The van der Waals surface area contributed by atoms with Crippen LogP contribution in [-0.4, -0.2) is 45.6 Å². The molecule has 1 unspecified atom stereocenters. The molecule has 0 amide bonds. The van der Waals surface area contributed by atoms with Gasteiger partial charge in [0.05, 0.1) is 19.3 Å². The Bertz CT molecular complexity index is 377. The van der Waals surface area contributed by atoms with Gasteiger partial charge in [0, 0.05) is 38.0 Å². The standard InChI is InChI=1S/C14H22ClNO3/c1-11(17)13-5-4-12(10-14(13)15)16(6-8-18-2)7-9-19-3/h4-5,10-11,17H,6-9H2,1-3H3. The van der Waals surface area contributed by atoms with Crippen LogP contribution in [0.3, 0.4) is 0 Å². The number of ether oxygens (including phenoxy) is 2. The van der Waals surface area contributed by atoms with Gasteiger partial charge in [-0.15, -0.1) is 0 Å². The molecule has 4 nitrogen and oxygen atoms in total. The molecule has 5 heteroatoms. The molecule has 0 aliphatic heterocycles. The Labute approximate surface area is 119 Å². The number of aliphatic hydroxyl groups is 1. The van der Waals surface area contributed by atoms with Gasteiger partial charge in [0.15, 0.2) is 0 Å². The number of hydrogen-bond donors (Lipinski definition) is 1. The van der Waals surface area contributed by atoms with Crippen LogP contribution in [0.15, 0.2) is 18.2 Å². The summed E-state index contributed by atoms with van der Waals surface area (Å²) >= 11 is 6.19. The molecule has 0 fully saturated rings. The molecule has 0 aromatic heterocycles. The predicted molar refractivity (Wildman–Crippen MR) is 78.1 cm³/mol.